The molecule has 0 aliphatic heterocycles. The molecule has 0 aliphatic rings. The summed E-state index contributed by atoms with van der Waals surface area (Å²) >= 11 is 0. The van der Waals surface area contributed by atoms with Gasteiger partial charge in [-0.25, -0.2) is 0 Å². The fourth-order valence-corrected chi connectivity index (χ4v) is 0.329. The van der Waals surface area contributed by atoms with E-state index in [1.165, 1.54) is 7.11 Å². The first-order valence-electron chi connectivity index (χ1n) is 3.90. The highest BCUT2D eigenvalue weighted by Gasteiger charge is 2.03. The highest BCUT2D eigenvalue weighted by atomic mass is 16.5. The Bertz CT molecular complexity index is 155. The van der Waals surface area contributed by atoms with E-state index in [1.807, 2.05) is 0 Å². The zero-order chi connectivity index (χ0) is 10.9. The second kappa shape index (κ2) is 8.99. The molecule has 1 unspecified atom stereocenters. The number of carbonyl (C=O) groups is 2. The van der Waals surface area contributed by atoms with Crippen molar-refractivity contribution in [1.29, 1.82) is 0 Å². The Morgan fingerprint density at radius 2 is 1.69 bits per heavy atom. The van der Waals surface area contributed by atoms with Gasteiger partial charge in [0.25, 0.3) is 0 Å². The average molecular weight is 192 g/mol. The SMILES string of the molecule is CCC(=O)O.COC(C)CC(=O)O. The minimum absolute atomic E-state index is 0.0799. The van der Waals surface area contributed by atoms with Gasteiger partial charge in [-0.05, 0) is 6.92 Å². The summed E-state index contributed by atoms with van der Waals surface area (Å²) in [6.07, 6.45) is 0.128. The smallest absolute Gasteiger partial charge is 0.305 e. The predicted octanol–water partition coefficient (Wildman–Crippen LogP) is 0.977. The summed E-state index contributed by atoms with van der Waals surface area (Å²) in [6.45, 7) is 3.32. The summed E-state index contributed by atoms with van der Waals surface area (Å²) in [5.41, 5.74) is 0. The van der Waals surface area contributed by atoms with E-state index in [9.17, 15) is 9.59 Å². The Morgan fingerprint density at radius 3 is 1.77 bits per heavy atom. The van der Waals surface area contributed by atoms with Crippen molar-refractivity contribution in [2.24, 2.45) is 0 Å². The summed E-state index contributed by atoms with van der Waals surface area (Å²) in [7, 11) is 1.49. The molecule has 0 rings (SSSR count). The van der Waals surface area contributed by atoms with Gasteiger partial charge in [-0.2, -0.15) is 0 Å². The third kappa shape index (κ3) is 18.1. The third-order valence-corrected chi connectivity index (χ3v) is 1.17. The molecule has 0 amide bonds. The van der Waals surface area contributed by atoms with Crippen LogP contribution in [-0.4, -0.2) is 35.4 Å². The summed E-state index contributed by atoms with van der Waals surface area (Å²) in [5, 5.41) is 15.9. The van der Waals surface area contributed by atoms with E-state index < -0.39 is 11.9 Å². The van der Waals surface area contributed by atoms with Crippen molar-refractivity contribution < 1.29 is 24.5 Å². The fourth-order valence-electron chi connectivity index (χ4n) is 0.329. The van der Waals surface area contributed by atoms with E-state index in [0.717, 1.165) is 0 Å². The molecule has 0 aromatic rings. The molecule has 0 bridgehead atoms. The molecule has 0 saturated carbocycles. The molecule has 0 aromatic carbocycles. The van der Waals surface area contributed by atoms with E-state index in [-0.39, 0.29) is 18.9 Å². The lowest BCUT2D eigenvalue weighted by atomic mass is 10.3. The van der Waals surface area contributed by atoms with Crippen LogP contribution in [-0.2, 0) is 14.3 Å². The Kier molecular flexibility index (Phi) is 9.98. The van der Waals surface area contributed by atoms with Gasteiger partial charge in [-0.15, -0.1) is 0 Å². The molecule has 1 atom stereocenters. The molecule has 0 saturated heterocycles. The van der Waals surface area contributed by atoms with Crippen LogP contribution in [0.4, 0.5) is 0 Å². The van der Waals surface area contributed by atoms with Gasteiger partial charge in [0.05, 0.1) is 12.5 Å². The number of carboxylic acids is 2. The van der Waals surface area contributed by atoms with E-state index in [2.05, 4.69) is 4.74 Å². The average Bonchev–Trinajstić information content (AvgIpc) is 2.04. The maximum atomic E-state index is 9.89. The van der Waals surface area contributed by atoms with Gasteiger partial charge in [-0.1, -0.05) is 6.92 Å². The van der Waals surface area contributed by atoms with Crippen molar-refractivity contribution in [3.8, 4) is 0 Å². The van der Waals surface area contributed by atoms with Crippen molar-refractivity contribution in [3.05, 3.63) is 0 Å². The molecule has 0 spiro atoms. The number of hydrogen-bond acceptors (Lipinski definition) is 3. The van der Waals surface area contributed by atoms with Crippen molar-refractivity contribution in [2.75, 3.05) is 7.11 Å². The number of hydrogen-bond donors (Lipinski definition) is 2. The molecular formula is C8H16O5. The van der Waals surface area contributed by atoms with Crippen molar-refractivity contribution >= 4 is 11.9 Å². The number of carboxylic acid groups (broad SMARTS) is 2. The normalized spacial score (nSPS) is 11.0. The van der Waals surface area contributed by atoms with Crippen LogP contribution in [0.15, 0.2) is 0 Å². The molecule has 78 valence electrons. The second-order valence-electron chi connectivity index (χ2n) is 2.39. The van der Waals surface area contributed by atoms with Crippen molar-refractivity contribution in [3.63, 3.8) is 0 Å². The molecule has 0 fully saturated rings. The van der Waals surface area contributed by atoms with Crippen LogP contribution in [0.3, 0.4) is 0 Å². The Labute approximate surface area is 77.3 Å². The van der Waals surface area contributed by atoms with Gasteiger partial charge in [0.2, 0.25) is 0 Å². The van der Waals surface area contributed by atoms with Crippen molar-refractivity contribution in [2.45, 2.75) is 32.8 Å². The molecular weight excluding hydrogens is 176 g/mol. The first kappa shape index (κ1) is 14.4. The van der Waals surface area contributed by atoms with Crippen LogP contribution in [0.25, 0.3) is 0 Å². The quantitative estimate of drug-likeness (QED) is 0.693. The van der Waals surface area contributed by atoms with Gasteiger partial charge >= 0.3 is 11.9 Å². The first-order chi connectivity index (χ1) is 5.93. The maximum Gasteiger partial charge on any atom is 0.305 e. The van der Waals surface area contributed by atoms with Crippen LogP contribution in [0, 0.1) is 0 Å². The molecule has 13 heavy (non-hydrogen) atoms. The van der Waals surface area contributed by atoms with Crippen LogP contribution >= 0.6 is 0 Å². The van der Waals surface area contributed by atoms with Gasteiger partial charge in [0.15, 0.2) is 0 Å². The van der Waals surface area contributed by atoms with Crippen LogP contribution in [0.5, 0.6) is 0 Å². The molecule has 0 heterocycles. The molecule has 2 N–H and O–H groups in total. The largest absolute Gasteiger partial charge is 0.481 e. The molecule has 5 nitrogen and oxygen atoms in total. The molecule has 0 aliphatic carbocycles. The number of methoxy groups -OCH3 is 1. The Morgan fingerprint density at radius 1 is 1.31 bits per heavy atom. The highest BCUT2D eigenvalue weighted by molar-refractivity contribution is 5.67. The van der Waals surface area contributed by atoms with Gasteiger partial charge in [-0.3, -0.25) is 9.59 Å². The van der Waals surface area contributed by atoms with Gasteiger partial charge in [0.1, 0.15) is 0 Å². The zero-order valence-electron chi connectivity index (χ0n) is 8.11. The number of aliphatic carboxylic acids is 2. The van der Waals surface area contributed by atoms with Crippen molar-refractivity contribution in [1.82, 2.24) is 0 Å². The lowest BCUT2D eigenvalue weighted by Crippen LogP contribution is -2.10. The van der Waals surface area contributed by atoms with E-state index >= 15 is 0 Å². The maximum absolute atomic E-state index is 9.89. The van der Waals surface area contributed by atoms with Crippen LogP contribution in [0.1, 0.15) is 26.7 Å². The number of rotatable bonds is 4. The molecule has 0 radical (unpaired) electrons. The fraction of sp³-hybridized carbons (Fsp3) is 0.750. The van der Waals surface area contributed by atoms with E-state index in [0.29, 0.717) is 0 Å². The second-order valence-corrected chi connectivity index (χ2v) is 2.39. The lowest BCUT2D eigenvalue weighted by molar-refractivity contribution is -0.139. The Hall–Kier alpha value is -1.10. The summed E-state index contributed by atoms with van der Waals surface area (Å²) in [4.78, 5) is 19.3. The van der Waals surface area contributed by atoms with Crippen LogP contribution in [0.2, 0.25) is 0 Å². The minimum atomic E-state index is -0.820. The summed E-state index contributed by atoms with van der Waals surface area (Å²) in [6, 6.07) is 0. The van der Waals surface area contributed by atoms with E-state index in [1.54, 1.807) is 13.8 Å². The summed E-state index contributed by atoms with van der Waals surface area (Å²) in [5.74, 6) is -1.57. The standard InChI is InChI=1S/C5H10O3.C3H6O2/c1-4(8-2)3-5(6)7;1-2-3(4)5/h4H,3H2,1-2H3,(H,6,7);2H2,1H3,(H,4,5). The molecule has 0 aromatic heterocycles. The Balaban J connectivity index is 0. The monoisotopic (exact) mass is 192 g/mol. The topological polar surface area (TPSA) is 83.8 Å². The predicted molar refractivity (Wildman–Crippen MR) is 46.7 cm³/mol. The zero-order valence-corrected chi connectivity index (χ0v) is 8.11. The van der Waals surface area contributed by atoms with Gasteiger partial charge in [0, 0.05) is 13.5 Å². The summed E-state index contributed by atoms with van der Waals surface area (Å²) < 4.78 is 4.68. The van der Waals surface area contributed by atoms with Gasteiger partial charge < -0.3 is 14.9 Å². The highest BCUT2D eigenvalue weighted by Crippen LogP contribution is 1.92. The third-order valence-electron chi connectivity index (χ3n) is 1.17. The first-order valence-corrected chi connectivity index (χ1v) is 3.90. The number of ether oxygens (including phenoxy) is 1. The minimum Gasteiger partial charge on any atom is -0.481 e. The van der Waals surface area contributed by atoms with Crippen LogP contribution < -0.4 is 0 Å². The van der Waals surface area contributed by atoms with E-state index in [4.69, 9.17) is 10.2 Å². The lowest BCUT2D eigenvalue weighted by Gasteiger charge is -2.02. The molecule has 5 heteroatoms.